The number of thioether (sulfide) groups is 1. The van der Waals surface area contributed by atoms with Crippen molar-refractivity contribution in [3.63, 3.8) is 0 Å². The summed E-state index contributed by atoms with van der Waals surface area (Å²) in [6, 6.07) is 6.10. The van der Waals surface area contributed by atoms with E-state index in [9.17, 15) is 9.18 Å². The molecule has 1 aromatic heterocycles. The molecule has 0 aliphatic rings. The third-order valence-electron chi connectivity index (χ3n) is 2.56. The van der Waals surface area contributed by atoms with Gasteiger partial charge in [-0.3, -0.25) is 9.89 Å². The van der Waals surface area contributed by atoms with E-state index in [1.54, 1.807) is 12.1 Å². The molecule has 0 saturated heterocycles. The molecule has 0 atom stereocenters. The lowest BCUT2D eigenvalue weighted by atomic mass is 10.3. The highest BCUT2D eigenvalue weighted by atomic mass is 32.2. The Hall–Kier alpha value is -1.89. The van der Waals surface area contributed by atoms with Gasteiger partial charge in [0, 0.05) is 17.9 Å². The molecular weight excluding hydrogens is 279 g/mol. The number of nitrogens with one attached hydrogen (secondary N) is 2. The molecule has 1 heterocycles. The van der Waals surface area contributed by atoms with Crippen LogP contribution in [0.5, 0.6) is 0 Å². The first-order valence-corrected chi connectivity index (χ1v) is 7.22. The van der Waals surface area contributed by atoms with Gasteiger partial charge in [-0.15, -0.1) is 11.8 Å². The lowest BCUT2D eigenvalue weighted by molar-refractivity contribution is -0.118. The Bertz CT molecular complexity index is 530. The number of carbonyl (C=O) groups is 1. The van der Waals surface area contributed by atoms with Crippen LogP contribution in [0.15, 0.2) is 35.5 Å². The highest BCUT2D eigenvalue weighted by Gasteiger charge is 2.03. The average molecular weight is 294 g/mol. The smallest absolute Gasteiger partial charge is 0.230 e. The maximum absolute atomic E-state index is 12.7. The summed E-state index contributed by atoms with van der Waals surface area (Å²) in [5.41, 5.74) is 0. The number of hydrogen-bond acceptors (Lipinski definition) is 4. The van der Waals surface area contributed by atoms with E-state index in [0.29, 0.717) is 12.3 Å². The molecule has 2 aromatic rings. The summed E-state index contributed by atoms with van der Waals surface area (Å²) in [4.78, 5) is 16.5. The predicted octanol–water partition coefficient (Wildman–Crippen LogP) is 1.78. The van der Waals surface area contributed by atoms with Crippen molar-refractivity contribution in [2.45, 2.75) is 17.7 Å². The first kappa shape index (κ1) is 14.5. The third kappa shape index (κ3) is 5.00. The monoisotopic (exact) mass is 294 g/mol. The van der Waals surface area contributed by atoms with Gasteiger partial charge in [0.25, 0.3) is 0 Å². The second kappa shape index (κ2) is 7.64. The van der Waals surface area contributed by atoms with Gasteiger partial charge in [-0.1, -0.05) is 0 Å². The van der Waals surface area contributed by atoms with Crippen molar-refractivity contribution in [3.8, 4) is 0 Å². The number of benzene rings is 1. The zero-order chi connectivity index (χ0) is 14.2. The number of aromatic nitrogens is 3. The van der Waals surface area contributed by atoms with E-state index in [1.165, 1.54) is 30.2 Å². The van der Waals surface area contributed by atoms with E-state index in [2.05, 4.69) is 20.5 Å². The van der Waals surface area contributed by atoms with Crippen LogP contribution in [0, 0.1) is 5.82 Å². The van der Waals surface area contributed by atoms with Gasteiger partial charge >= 0.3 is 0 Å². The first-order chi connectivity index (χ1) is 9.74. The molecule has 0 bridgehead atoms. The normalized spacial score (nSPS) is 10.4. The standard InChI is InChI=1S/C13H15FN4OS/c14-10-3-5-11(6-4-10)20-8-13(19)15-7-1-2-12-16-9-17-18-12/h3-6,9H,1-2,7-8H2,(H,15,19)(H,16,17,18). The first-order valence-electron chi connectivity index (χ1n) is 6.23. The molecule has 1 aromatic carbocycles. The zero-order valence-corrected chi connectivity index (χ0v) is 11.6. The number of amides is 1. The Morgan fingerprint density at radius 1 is 1.35 bits per heavy atom. The average Bonchev–Trinajstić information content (AvgIpc) is 2.96. The molecular formula is C13H15FN4OS. The topological polar surface area (TPSA) is 70.7 Å². The summed E-state index contributed by atoms with van der Waals surface area (Å²) in [6.45, 7) is 0.601. The molecule has 0 spiro atoms. The van der Waals surface area contributed by atoms with Crippen LogP contribution in [-0.4, -0.2) is 33.4 Å². The van der Waals surface area contributed by atoms with Crippen LogP contribution in [0.1, 0.15) is 12.2 Å². The van der Waals surface area contributed by atoms with Crippen LogP contribution in [0.4, 0.5) is 4.39 Å². The minimum atomic E-state index is -0.272. The highest BCUT2D eigenvalue weighted by Crippen LogP contribution is 2.17. The van der Waals surface area contributed by atoms with Gasteiger partial charge in [0.15, 0.2) is 0 Å². The molecule has 0 fully saturated rings. The Balaban J connectivity index is 1.59. The Kier molecular flexibility index (Phi) is 5.55. The van der Waals surface area contributed by atoms with Crippen LogP contribution in [-0.2, 0) is 11.2 Å². The molecule has 0 aliphatic carbocycles. The van der Waals surface area contributed by atoms with Gasteiger partial charge in [-0.25, -0.2) is 9.37 Å². The SMILES string of the molecule is O=C(CSc1ccc(F)cc1)NCCCc1ncn[nH]1. The number of hydrogen-bond donors (Lipinski definition) is 2. The second-order valence-electron chi connectivity index (χ2n) is 4.13. The van der Waals surface area contributed by atoms with Gasteiger partial charge < -0.3 is 5.32 Å². The summed E-state index contributed by atoms with van der Waals surface area (Å²) in [7, 11) is 0. The number of aryl methyl sites for hydroxylation is 1. The number of H-pyrrole nitrogens is 1. The van der Waals surface area contributed by atoms with Crippen molar-refractivity contribution in [1.82, 2.24) is 20.5 Å². The highest BCUT2D eigenvalue weighted by molar-refractivity contribution is 8.00. The minimum absolute atomic E-state index is 0.0307. The molecule has 0 aliphatic heterocycles. The maximum Gasteiger partial charge on any atom is 0.230 e. The largest absolute Gasteiger partial charge is 0.355 e. The van der Waals surface area contributed by atoms with Gasteiger partial charge in [0.1, 0.15) is 18.0 Å². The predicted molar refractivity (Wildman–Crippen MR) is 74.8 cm³/mol. The molecule has 2 N–H and O–H groups in total. The number of rotatable bonds is 7. The zero-order valence-electron chi connectivity index (χ0n) is 10.8. The molecule has 5 nitrogen and oxygen atoms in total. The summed E-state index contributed by atoms with van der Waals surface area (Å²) in [5, 5.41) is 9.35. The number of aromatic amines is 1. The Morgan fingerprint density at radius 2 is 2.15 bits per heavy atom. The van der Waals surface area contributed by atoms with Gasteiger partial charge in [-0.2, -0.15) is 5.10 Å². The number of nitrogens with zero attached hydrogens (tertiary/aromatic N) is 2. The number of halogens is 1. The molecule has 20 heavy (non-hydrogen) atoms. The minimum Gasteiger partial charge on any atom is -0.355 e. The molecule has 2 rings (SSSR count). The van der Waals surface area contributed by atoms with Gasteiger partial charge in [0.2, 0.25) is 5.91 Å². The molecule has 7 heteroatoms. The lowest BCUT2D eigenvalue weighted by Crippen LogP contribution is -2.26. The van der Waals surface area contributed by atoms with Crippen molar-refractivity contribution < 1.29 is 9.18 Å². The van der Waals surface area contributed by atoms with E-state index >= 15 is 0 Å². The van der Waals surface area contributed by atoms with Crippen LogP contribution < -0.4 is 5.32 Å². The fourth-order valence-electron chi connectivity index (χ4n) is 1.57. The lowest BCUT2D eigenvalue weighted by Gasteiger charge is -2.04. The third-order valence-corrected chi connectivity index (χ3v) is 3.57. The fourth-order valence-corrected chi connectivity index (χ4v) is 2.29. The summed E-state index contributed by atoms with van der Waals surface area (Å²) < 4.78 is 12.7. The van der Waals surface area contributed by atoms with Crippen molar-refractivity contribution >= 4 is 17.7 Å². The molecule has 0 saturated carbocycles. The van der Waals surface area contributed by atoms with E-state index in [1.807, 2.05) is 0 Å². The van der Waals surface area contributed by atoms with E-state index < -0.39 is 0 Å². The van der Waals surface area contributed by atoms with Crippen LogP contribution >= 0.6 is 11.8 Å². The van der Waals surface area contributed by atoms with Crippen LogP contribution in [0.3, 0.4) is 0 Å². The van der Waals surface area contributed by atoms with E-state index in [0.717, 1.165) is 23.6 Å². The summed E-state index contributed by atoms with van der Waals surface area (Å²) in [6.07, 6.45) is 3.03. The fraction of sp³-hybridized carbons (Fsp3) is 0.308. The van der Waals surface area contributed by atoms with Crippen molar-refractivity contribution in [2.24, 2.45) is 0 Å². The van der Waals surface area contributed by atoms with Crippen LogP contribution in [0.25, 0.3) is 0 Å². The van der Waals surface area contributed by atoms with Crippen molar-refractivity contribution in [2.75, 3.05) is 12.3 Å². The molecule has 1 amide bonds. The summed E-state index contributed by atoms with van der Waals surface area (Å²) in [5.74, 6) is 0.844. The van der Waals surface area contributed by atoms with Crippen molar-refractivity contribution in [3.05, 3.63) is 42.2 Å². The summed E-state index contributed by atoms with van der Waals surface area (Å²) >= 11 is 1.39. The van der Waals surface area contributed by atoms with Gasteiger partial charge in [-0.05, 0) is 30.7 Å². The molecule has 0 unspecified atom stereocenters. The maximum atomic E-state index is 12.7. The Labute approximate surface area is 120 Å². The molecule has 0 radical (unpaired) electrons. The van der Waals surface area contributed by atoms with E-state index in [4.69, 9.17) is 0 Å². The second-order valence-corrected chi connectivity index (χ2v) is 5.18. The van der Waals surface area contributed by atoms with Crippen molar-refractivity contribution in [1.29, 1.82) is 0 Å². The quantitative estimate of drug-likeness (QED) is 0.603. The van der Waals surface area contributed by atoms with Crippen LogP contribution in [0.2, 0.25) is 0 Å². The molecule has 106 valence electrons. The number of carbonyl (C=O) groups excluding carboxylic acids is 1. The van der Waals surface area contributed by atoms with E-state index in [-0.39, 0.29) is 11.7 Å². The van der Waals surface area contributed by atoms with Gasteiger partial charge in [0.05, 0.1) is 5.75 Å². The Morgan fingerprint density at radius 3 is 2.85 bits per heavy atom.